The van der Waals surface area contributed by atoms with Gasteiger partial charge in [-0.15, -0.1) is 0 Å². The number of aliphatic carboxylic acids is 1. The second-order valence-corrected chi connectivity index (χ2v) is 5.32. The number of aromatic nitrogens is 1. The summed E-state index contributed by atoms with van der Waals surface area (Å²) >= 11 is 0. The number of nitro groups is 1. The lowest BCUT2D eigenvalue weighted by Gasteiger charge is -2.17. The first-order valence-electron chi connectivity index (χ1n) is 6.63. The fraction of sp³-hybridized carbons (Fsp3) is 0.538. The Morgan fingerprint density at radius 3 is 2.57 bits per heavy atom. The van der Waals surface area contributed by atoms with Gasteiger partial charge in [-0.2, -0.15) is 0 Å². The minimum atomic E-state index is -0.912. The maximum atomic E-state index is 11.8. The zero-order chi connectivity index (χ0) is 16.0. The monoisotopic (exact) mass is 297 g/mol. The van der Waals surface area contributed by atoms with Crippen LogP contribution in [0.1, 0.15) is 37.2 Å². The molecular formula is C13H19N3O5. The minimum Gasteiger partial charge on any atom is -0.481 e. The molecule has 0 aliphatic rings. The van der Waals surface area contributed by atoms with E-state index < -0.39 is 16.8 Å². The first kappa shape index (κ1) is 16.7. The number of carbonyl (C=O) groups is 2. The average molecular weight is 297 g/mol. The molecule has 1 aromatic heterocycles. The zero-order valence-corrected chi connectivity index (χ0v) is 12.0. The topological polar surface area (TPSA) is 125 Å². The molecule has 1 aromatic rings. The van der Waals surface area contributed by atoms with Gasteiger partial charge < -0.3 is 20.5 Å². The van der Waals surface area contributed by atoms with Crippen LogP contribution in [0.2, 0.25) is 0 Å². The van der Waals surface area contributed by atoms with Gasteiger partial charge in [0, 0.05) is 19.0 Å². The van der Waals surface area contributed by atoms with Crippen molar-refractivity contribution >= 4 is 17.7 Å². The van der Waals surface area contributed by atoms with Crippen molar-refractivity contribution in [2.24, 2.45) is 11.8 Å². The van der Waals surface area contributed by atoms with Gasteiger partial charge in [0.15, 0.2) is 5.69 Å². The Kier molecular flexibility index (Phi) is 5.89. The van der Waals surface area contributed by atoms with Gasteiger partial charge in [0.05, 0.1) is 0 Å². The lowest BCUT2D eigenvalue weighted by atomic mass is 9.94. The number of rotatable bonds is 8. The van der Waals surface area contributed by atoms with Gasteiger partial charge >= 0.3 is 11.8 Å². The Morgan fingerprint density at radius 1 is 1.43 bits per heavy atom. The molecular weight excluding hydrogens is 278 g/mol. The van der Waals surface area contributed by atoms with Crippen LogP contribution in [0.25, 0.3) is 0 Å². The molecule has 0 fully saturated rings. The number of hydrogen-bond donors (Lipinski definition) is 3. The third-order valence-electron chi connectivity index (χ3n) is 2.93. The number of H-pyrrole nitrogens is 1. The normalized spacial score (nSPS) is 12.1. The fourth-order valence-electron chi connectivity index (χ4n) is 2.11. The summed E-state index contributed by atoms with van der Waals surface area (Å²) in [5.74, 6) is -1.51. The van der Waals surface area contributed by atoms with E-state index in [0.29, 0.717) is 12.3 Å². The predicted octanol–water partition coefficient (Wildman–Crippen LogP) is 1.79. The summed E-state index contributed by atoms with van der Waals surface area (Å²) in [6.45, 7) is 4.17. The molecule has 1 atom stereocenters. The van der Waals surface area contributed by atoms with Crippen molar-refractivity contribution in [1.29, 1.82) is 0 Å². The molecule has 1 amide bonds. The van der Waals surface area contributed by atoms with Crippen molar-refractivity contribution in [1.82, 2.24) is 10.3 Å². The van der Waals surface area contributed by atoms with Crippen LogP contribution in [0.5, 0.6) is 0 Å². The largest absolute Gasteiger partial charge is 0.481 e. The van der Waals surface area contributed by atoms with Crippen LogP contribution in [0.3, 0.4) is 0 Å². The molecule has 1 unspecified atom stereocenters. The van der Waals surface area contributed by atoms with Gasteiger partial charge in [-0.25, -0.2) is 4.98 Å². The van der Waals surface area contributed by atoms with Crippen molar-refractivity contribution < 1.29 is 19.6 Å². The molecule has 21 heavy (non-hydrogen) atoms. The number of amides is 1. The smallest absolute Gasteiger partial charge is 0.321 e. The molecule has 3 N–H and O–H groups in total. The van der Waals surface area contributed by atoms with Gasteiger partial charge in [0.1, 0.15) is 0 Å². The van der Waals surface area contributed by atoms with E-state index in [-0.39, 0.29) is 30.4 Å². The second-order valence-electron chi connectivity index (χ2n) is 5.32. The van der Waals surface area contributed by atoms with Crippen molar-refractivity contribution in [3.63, 3.8) is 0 Å². The third-order valence-corrected chi connectivity index (χ3v) is 2.93. The maximum absolute atomic E-state index is 11.8. The molecule has 0 radical (unpaired) electrons. The van der Waals surface area contributed by atoms with E-state index in [2.05, 4.69) is 10.3 Å². The molecule has 0 spiro atoms. The highest BCUT2D eigenvalue weighted by molar-refractivity contribution is 5.92. The highest BCUT2D eigenvalue weighted by Crippen LogP contribution is 2.15. The van der Waals surface area contributed by atoms with Crippen LogP contribution < -0.4 is 5.32 Å². The van der Waals surface area contributed by atoms with Gasteiger partial charge in [-0.1, -0.05) is 13.8 Å². The Labute approximate surface area is 121 Å². The van der Waals surface area contributed by atoms with E-state index in [1.807, 2.05) is 13.8 Å². The molecule has 0 bridgehead atoms. The first-order valence-corrected chi connectivity index (χ1v) is 6.63. The van der Waals surface area contributed by atoms with Crippen LogP contribution in [-0.2, 0) is 4.79 Å². The third kappa shape index (κ3) is 5.64. The highest BCUT2D eigenvalue weighted by atomic mass is 16.6. The molecule has 8 heteroatoms. The van der Waals surface area contributed by atoms with E-state index in [1.54, 1.807) is 0 Å². The van der Waals surface area contributed by atoms with E-state index in [4.69, 9.17) is 5.11 Å². The van der Waals surface area contributed by atoms with Crippen LogP contribution in [0, 0.1) is 22.0 Å². The number of carboxylic acids is 1. The summed E-state index contributed by atoms with van der Waals surface area (Å²) in [6.07, 6.45) is 0.654. The molecule has 116 valence electrons. The molecule has 0 aliphatic heterocycles. The zero-order valence-electron chi connectivity index (χ0n) is 12.0. The molecule has 0 aromatic carbocycles. The number of nitrogens with one attached hydrogen (secondary N) is 2. The maximum Gasteiger partial charge on any atom is 0.321 e. The van der Waals surface area contributed by atoms with Crippen LogP contribution in [0.15, 0.2) is 12.1 Å². The number of nitrogens with zero attached hydrogens (tertiary/aromatic N) is 1. The Balaban J connectivity index is 2.59. The van der Waals surface area contributed by atoms with Crippen LogP contribution >= 0.6 is 0 Å². The lowest BCUT2D eigenvalue weighted by molar-refractivity contribution is -0.389. The predicted molar refractivity (Wildman–Crippen MR) is 75.0 cm³/mol. The number of aromatic amines is 1. The minimum absolute atomic E-state index is 0.0245. The first-order chi connectivity index (χ1) is 9.79. The van der Waals surface area contributed by atoms with Crippen LogP contribution in [0.4, 0.5) is 5.82 Å². The summed E-state index contributed by atoms with van der Waals surface area (Å²) in [5, 5.41) is 22.0. The second kappa shape index (κ2) is 7.41. The SMILES string of the molecule is CC(C)CC(CNC(=O)c1ccc([N+](=O)[O-])[nH]1)CC(=O)O. The van der Waals surface area contributed by atoms with Crippen LogP contribution in [-0.4, -0.2) is 33.4 Å². The Hall–Kier alpha value is -2.38. The van der Waals surface area contributed by atoms with Crippen molar-refractivity contribution in [3.8, 4) is 0 Å². The number of hydrogen-bond acceptors (Lipinski definition) is 4. The van der Waals surface area contributed by atoms with E-state index in [1.165, 1.54) is 12.1 Å². The van der Waals surface area contributed by atoms with E-state index in [9.17, 15) is 19.7 Å². The summed E-state index contributed by atoms with van der Waals surface area (Å²) in [6, 6.07) is 2.53. The van der Waals surface area contributed by atoms with E-state index in [0.717, 1.165) is 0 Å². The van der Waals surface area contributed by atoms with Gasteiger partial charge in [-0.3, -0.25) is 9.59 Å². The molecule has 1 rings (SSSR count). The Morgan fingerprint density at radius 2 is 2.10 bits per heavy atom. The van der Waals surface area contributed by atoms with Gasteiger partial charge in [-0.05, 0) is 29.2 Å². The number of carbonyl (C=O) groups excluding carboxylic acids is 1. The van der Waals surface area contributed by atoms with Gasteiger partial charge in [0.25, 0.3) is 5.91 Å². The molecule has 8 nitrogen and oxygen atoms in total. The molecule has 0 saturated heterocycles. The quantitative estimate of drug-likeness (QED) is 0.498. The standard InChI is InChI=1S/C13H19N3O5/c1-8(2)5-9(6-12(17)18)7-14-13(19)10-3-4-11(15-10)16(20)21/h3-4,8-9,15H,5-7H2,1-2H3,(H,14,19)(H,17,18). The van der Waals surface area contributed by atoms with Gasteiger partial charge in [0.2, 0.25) is 0 Å². The summed E-state index contributed by atoms with van der Waals surface area (Å²) in [5.41, 5.74) is 0.0836. The summed E-state index contributed by atoms with van der Waals surface area (Å²) < 4.78 is 0. The molecule has 0 saturated carbocycles. The lowest BCUT2D eigenvalue weighted by Crippen LogP contribution is -2.31. The average Bonchev–Trinajstić information content (AvgIpc) is 2.83. The highest BCUT2D eigenvalue weighted by Gasteiger charge is 2.19. The number of carboxylic acid groups (broad SMARTS) is 1. The Bertz CT molecular complexity index is 524. The van der Waals surface area contributed by atoms with E-state index >= 15 is 0 Å². The van der Waals surface area contributed by atoms with Crippen molar-refractivity contribution in [2.75, 3.05) is 6.54 Å². The molecule has 0 aliphatic carbocycles. The summed E-state index contributed by atoms with van der Waals surface area (Å²) in [4.78, 5) is 34.9. The van der Waals surface area contributed by atoms with Crippen molar-refractivity contribution in [2.45, 2.75) is 26.7 Å². The molecule has 1 heterocycles. The summed E-state index contributed by atoms with van der Waals surface area (Å²) in [7, 11) is 0. The van der Waals surface area contributed by atoms with Crippen molar-refractivity contribution in [3.05, 3.63) is 27.9 Å². The fourth-order valence-corrected chi connectivity index (χ4v) is 2.11.